The van der Waals surface area contributed by atoms with E-state index in [1.54, 1.807) is 18.2 Å². The van der Waals surface area contributed by atoms with Crippen LogP contribution in [0.15, 0.2) is 36.9 Å². The Labute approximate surface area is 108 Å². The summed E-state index contributed by atoms with van der Waals surface area (Å²) in [4.78, 5) is 11.7. The van der Waals surface area contributed by atoms with E-state index in [0.717, 1.165) is 12.2 Å². The first kappa shape index (κ1) is 14.3. The van der Waals surface area contributed by atoms with E-state index in [1.807, 2.05) is 19.1 Å². The average molecular weight is 248 g/mol. The molecule has 4 nitrogen and oxygen atoms in total. The molecule has 1 aromatic rings. The minimum atomic E-state index is -0.567. The van der Waals surface area contributed by atoms with Crippen molar-refractivity contribution in [2.24, 2.45) is 5.73 Å². The predicted molar refractivity (Wildman–Crippen MR) is 73.6 cm³/mol. The molecule has 1 rings (SSSR count). The van der Waals surface area contributed by atoms with Crippen molar-refractivity contribution in [2.45, 2.75) is 25.8 Å². The van der Waals surface area contributed by atoms with E-state index in [0.29, 0.717) is 18.7 Å². The second-order valence-electron chi connectivity index (χ2n) is 4.00. The van der Waals surface area contributed by atoms with E-state index in [4.69, 9.17) is 10.5 Å². The van der Waals surface area contributed by atoms with Crippen LogP contribution in [0.25, 0.3) is 0 Å². The molecule has 0 bridgehead atoms. The Morgan fingerprint density at radius 1 is 1.61 bits per heavy atom. The van der Waals surface area contributed by atoms with Gasteiger partial charge in [-0.2, -0.15) is 0 Å². The summed E-state index contributed by atoms with van der Waals surface area (Å²) in [5, 5.41) is 2.75. The normalized spacial score (nSPS) is 11.7. The highest BCUT2D eigenvalue weighted by atomic mass is 16.5. The zero-order valence-corrected chi connectivity index (χ0v) is 10.7. The van der Waals surface area contributed by atoms with Crippen molar-refractivity contribution in [2.75, 3.05) is 11.9 Å². The molecule has 0 saturated carbocycles. The lowest BCUT2D eigenvalue weighted by atomic mass is 10.2. The van der Waals surface area contributed by atoms with E-state index in [2.05, 4.69) is 11.9 Å². The lowest BCUT2D eigenvalue weighted by Gasteiger charge is -2.11. The van der Waals surface area contributed by atoms with E-state index in [9.17, 15) is 4.79 Å². The Morgan fingerprint density at radius 3 is 3.06 bits per heavy atom. The van der Waals surface area contributed by atoms with Gasteiger partial charge in [0, 0.05) is 11.8 Å². The Morgan fingerprint density at radius 2 is 2.39 bits per heavy atom. The molecule has 3 N–H and O–H groups in total. The van der Waals surface area contributed by atoms with Crippen molar-refractivity contribution in [1.82, 2.24) is 0 Å². The molecule has 18 heavy (non-hydrogen) atoms. The zero-order chi connectivity index (χ0) is 13.4. The van der Waals surface area contributed by atoms with Crippen LogP contribution in [0.3, 0.4) is 0 Å². The first-order valence-corrected chi connectivity index (χ1v) is 6.07. The van der Waals surface area contributed by atoms with Gasteiger partial charge in [0.15, 0.2) is 0 Å². The zero-order valence-electron chi connectivity index (χ0n) is 10.7. The monoisotopic (exact) mass is 248 g/mol. The van der Waals surface area contributed by atoms with Gasteiger partial charge < -0.3 is 15.8 Å². The number of hydrogen-bond acceptors (Lipinski definition) is 3. The number of nitrogens with two attached hydrogens (primary N) is 1. The summed E-state index contributed by atoms with van der Waals surface area (Å²) < 4.78 is 5.49. The Kier molecular flexibility index (Phi) is 5.94. The molecule has 0 aliphatic heterocycles. The third-order valence-corrected chi connectivity index (χ3v) is 2.33. The van der Waals surface area contributed by atoms with Gasteiger partial charge in [0.05, 0.1) is 12.6 Å². The van der Waals surface area contributed by atoms with Crippen LogP contribution in [0.1, 0.15) is 19.8 Å². The number of benzene rings is 1. The molecule has 0 saturated heterocycles. The minimum Gasteiger partial charge on any atom is -0.494 e. The molecule has 1 atom stereocenters. The van der Waals surface area contributed by atoms with Gasteiger partial charge in [-0.15, -0.1) is 6.58 Å². The molecular weight excluding hydrogens is 228 g/mol. The maximum Gasteiger partial charge on any atom is 0.241 e. The van der Waals surface area contributed by atoms with Crippen LogP contribution in [0, 0.1) is 0 Å². The molecule has 0 aliphatic rings. The molecule has 0 heterocycles. The van der Waals surface area contributed by atoms with Gasteiger partial charge in [-0.05, 0) is 25.0 Å². The number of anilines is 1. The van der Waals surface area contributed by atoms with Gasteiger partial charge in [-0.25, -0.2) is 0 Å². The van der Waals surface area contributed by atoms with Crippen molar-refractivity contribution in [1.29, 1.82) is 0 Å². The third kappa shape index (κ3) is 4.59. The number of amides is 1. The van der Waals surface area contributed by atoms with Crippen molar-refractivity contribution in [3.05, 3.63) is 36.9 Å². The fourth-order valence-corrected chi connectivity index (χ4v) is 1.41. The molecule has 1 unspecified atom stereocenters. The molecule has 0 aliphatic carbocycles. The Bertz CT molecular complexity index is 405. The number of carbonyl (C=O) groups excluding carboxylic acids is 1. The van der Waals surface area contributed by atoms with Crippen molar-refractivity contribution in [3.8, 4) is 5.75 Å². The van der Waals surface area contributed by atoms with Gasteiger partial charge in [0.2, 0.25) is 5.91 Å². The van der Waals surface area contributed by atoms with E-state index in [1.165, 1.54) is 0 Å². The highest BCUT2D eigenvalue weighted by Gasteiger charge is 2.11. The topological polar surface area (TPSA) is 64.4 Å². The van der Waals surface area contributed by atoms with Gasteiger partial charge in [0.1, 0.15) is 5.75 Å². The van der Waals surface area contributed by atoms with E-state index < -0.39 is 6.04 Å². The summed E-state index contributed by atoms with van der Waals surface area (Å²) >= 11 is 0. The first-order valence-electron chi connectivity index (χ1n) is 6.07. The summed E-state index contributed by atoms with van der Waals surface area (Å²) in [6.07, 6.45) is 3.03. The van der Waals surface area contributed by atoms with Crippen LogP contribution in [0.4, 0.5) is 5.69 Å². The fourth-order valence-electron chi connectivity index (χ4n) is 1.41. The standard InChI is InChI=1S/C14H20N2O2/c1-3-6-13(15)14(17)16-11-7-5-8-12(10-11)18-9-4-2/h3,5,7-8,10,13H,1,4,6,9,15H2,2H3,(H,16,17). The van der Waals surface area contributed by atoms with Crippen molar-refractivity contribution < 1.29 is 9.53 Å². The van der Waals surface area contributed by atoms with E-state index in [-0.39, 0.29) is 5.91 Å². The number of nitrogens with one attached hydrogen (secondary N) is 1. The maximum atomic E-state index is 11.7. The molecule has 0 radical (unpaired) electrons. The third-order valence-electron chi connectivity index (χ3n) is 2.33. The Hall–Kier alpha value is -1.81. The molecule has 1 amide bonds. The molecule has 98 valence electrons. The largest absolute Gasteiger partial charge is 0.494 e. The number of carbonyl (C=O) groups is 1. The summed E-state index contributed by atoms with van der Waals surface area (Å²) in [5.74, 6) is 0.523. The molecule has 0 spiro atoms. The summed E-state index contributed by atoms with van der Waals surface area (Å²) in [6.45, 7) is 6.26. The van der Waals surface area contributed by atoms with Crippen LogP contribution in [0.2, 0.25) is 0 Å². The first-order chi connectivity index (χ1) is 8.67. The lowest BCUT2D eigenvalue weighted by Crippen LogP contribution is -2.35. The quantitative estimate of drug-likeness (QED) is 0.728. The van der Waals surface area contributed by atoms with Crippen LogP contribution in [-0.4, -0.2) is 18.6 Å². The minimum absolute atomic E-state index is 0.220. The molecule has 4 heteroatoms. The summed E-state index contributed by atoms with van der Waals surface area (Å²) in [5.41, 5.74) is 6.37. The van der Waals surface area contributed by atoms with Crippen molar-refractivity contribution in [3.63, 3.8) is 0 Å². The Balaban J connectivity index is 2.61. The van der Waals surface area contributed by atoms with Crippen LogP contribution >= 0.6 is 0 Å². The van der Waals surface area contributed by atoms with Gasteiger partial charge in [-0.1, -0.05) is 19.1 Å². The molecular formula is C14H20N2O2. The summed E-state index contributed by atoms with van der Waals surface area (Å²) in [6, 6.07) is 6.71. The number of ether oxygens (including phenoxy) is 1. The number of rotatable bonds is 7. The highest BCUT2D eigenvalue weighted by Crippen LogP contribution is 2.17. The van der Waals surface area contributed by atoms with Crippen LogP contribution < -0.4 is 15.8 Å². The SMILES string of the molecule is C=CCC(N)C(=O)Nc1cccc(OCCC)c1. The molecule has 1 aromatic carbocycles. The molecule has 0 fully saturated rings. The number of hydrogen-bond donors (Lipinski definition) is 2. The second kappa shape index (κ2) is 7.50. The predicted octanol–water partition coefficient (Wildman–Crippen LogP) is 2.32. The van der Waals surface area contributed by atoms with E-state index >= 15 is 0 Å². The second-order valence-corrected chi connectivity index (χ2v) is 4.00. The smallest absolute Gasteiger partial charge is 0.241 e. The van der Waals surface area contributed by atoms with Crippen molar-refractivity contribution >= 4 is 11.6 Å². The summed E-state index contributed by atoms with van der Waals surface area (Å²) in [7, 11) is 0. The molecule has 0 aromatic heterocycles. The lowest BCUT2D eigenvalue weighted by molar-refractivity contribution is -0.117. The highest BCUT2D eigenvalue weighted by molar-refractivity contribution is 5.94. The van der Waals surface area contributed by atoms with Gasteiger partial charge in [-0.3, -0.25) is 4.79 Å². The van der Waals surface area contributed by atoms with Gasteiger partial charge >= 0.3 is 0 Å². The maximum absolute atomic E-state index is 11.7. The van der Waals surface area contributed by atoms with Crippen LogP contribution in [0.5, 0.6) is 5.75 Å². The van der Waals surface area contributed by atoms with Crippen LogP contribution in [-0.2, 0) is 4.79 Å². The fraction of sp³-hybridized carbons (Fsp3) is 0.357. The average Bonchev–Trinajstić information content (AvgIpc) is 2.37. The van der Waals surface area contributed by atoms with Gasteiger partial charge in [0.25, 0.3) is 0 Å².